The number of rotatable bonds is 47. The number of unbranched alkanes of at least 4 members (excludes halogenated alkanes) is 28. The first kappa shape index (κ1) is 58.4. The molecule has 6 heteroatoms. The van der Waals surface area contributed by atoms with Gasteiger partial charge in [0.25, 0.3) is 0 Å². The van der Waals surface area contributed by atoms with Crippen molar-refractivity contribution >= 4 is 17.9 Å². The van der Waals surface area contributed by atoms with Gasteiger partial charge in [0.15, 0.2) is 6.10 Å². The van der Waals surface area contributed by atoms with Gasteiger partial charge in [0.2, 0.25) is 0 Å². The van der Waals surface area contributed by atoms with Crippen LogP contribution >= 0.6 is 0 Å². The second-order valence-electron chi connectivity index (χ2n) is 17.4. The van der Waals surface area contributed by atoms with Crippen LogP contribution in [0.3, 0.4) is 0 Å². The Labute approximate surface area is 378 Å². The molecule has 0 amide bonds. The Bertz CT molecular complexity index is 1070. The van der Waals surface area contributed by atoms with Crippen molar-refractivity contribution in [3.8, 4) is 0 Å². The lowest BCUT2D eigenvalue weighted by atomic mass is 10.0. The third kappa shape index (κ3) is 48.3. The molecular weight excluding hydrogens is 757 g/mol. The predicted octanol–water partition coefficient (Wildman–Crippen LogP) is 17.1. The Morgan fingerprint density at radius 3 is 1.08 bits per heavy atom. The zero-order valence-corrected chi connectivity index (χ0v) is 40.4. The van der Waals surface area contributed by atoms with E-state index in [1.54, 1.807) is 0 Å². The maximum Gasteiger partial charge on any atom is 0.306 e. The lowest BCUT2D eigenvalue weighted by Crippen LogP contribution is -2.30. The van der Waals surface area contributed by atoms with Gasteiger partial charge in [-0.25, -0.2) is 0 Å². The van der Waals surface area contributed by atoms with Crippen molar-refractivity contribution in [1.82, 2.24) is 0 Å². The summed E-state index contributed by atoms with van der Waals surface area (Å²) in [7, 11) is 0. The normalized spacial score (nSPS) is 12.4. The van der Waals surface area contributed by atoms with E-state index in [1.807, 2.05) is 0 Å². The first-order valence-electron chi connectivity index (χ1n) is 26.1. The van der Waals surface area contributed by atoms with Crippen molar-refractivity contribution in [1.29, 1.82) is 0 Å². The molecule has 0 saturated heterocycles. The van der Waals surface area contributed by atoms with E-state index in [1.165, 1.54) is 141 Å². The molecule has 0 aromatic carbocycles. The number of hydrogen-bond acceptors (Lipinski definition) is 6. The van der Waals surface area contributed by atoms with E-state index < -0.39 is 6.10 Å². The molecule has 0 saturated carbocycles. The molecule has 0 rings (SSSR count). The molecule has 0 aliphatic rings. The fourth-order valence-electron chi connectivity index (χ4n) is 7.39. The average molecular weight is 855 g/mol. The average Bonchev–Trinajstić information content (AvgIpc) is 3.26. The van der Waals surface area contributed by atoms with Gasteiger partial charge in [-0.1, -0.05) is 217 Å². The van der Waals surface area contributed by atoms with Crippen molar-refractivity contribution in [2.45, 2.75) is 271 Å². The summed E-state index contributed by atoms with van der Waals surface area (Å²) in [6, 6.07) is 0. The Balaban J connectivity index is 4.32. The number of ether oxygens (including phenoxy) is 3. The van der Waals surface area contributed by atoms with Crippen LogP contribution in [-0.2, 0) is 28.6 Å². The zero-order chi connectivity index (χ0) is 44.4. The summed E-state index contributed by atoms with van der Waals surface area (Å²) in [5.74, 6) is -0.931. The van der Waals surface area contributed by atoms with Crippen LogP contribution in [0.15, 0.2) is 48.6 Å². The minimum atomic E-state index is -0.792. The molecule has 0 aromatic rings. The summed E-state index contributed by atoms with van der Waals surface area (Å²) in [5.41, 5.74) is 0. The topological polar surface area (TPSA) is 78.9 Å². The van der Waals surface area contributed by atoms with E-state index in [9.17, 15) is 14.4 Å². The van der Waals surface area contributed by atoms with Crippen molar-refractivity contribution in [3.63, 3.8) is 0 Å². The van der Waals surface area contributed by atoms with Crippen LogP contribution in [0.2, 0.25) is 0 Å². The Morgan fingerprint density at radius 1 is 0.344 bits per heavy atom. The molecule has 61 heavy (non-hydrogen) atoms. The third-order valence-electron chi connectivity index (χ3n) is 11.3. The first-order chi connectivity index (χ1) is 30.0. The van der Waals surface area contributed by atoms with Crippen LogP contribution < -0.4 is 0 Å². The number of carbonyl (C=O) groups is 3. The highest BCUT2D eigenvalue weighted by atomic mass is 16.6. The van der Waals surface area contributed by atoms with E-state index in [0.717, 1.165) is 77.0 Å². The summed E-state index contributed by atoms with van der Waals surface area (Å²) in [6.07, 6.45) is 59.6. The van der Waals surface area contributed by atoms with E-state index in [-0.39, 0.29) is 37.5 Å². The minimum Gasteiger partial charge on any atom is -0.462 e. The maximum absolute atomic E-state index is 12.7. The fourth-order valence-corrected chi connectivity index (χ4v) is 7.39. The SMILES string of the molecule is CC/C=C\C/C=C\C/C=C\CCCCC(=O)OC(COC(=O)CCCCCCC/C=C\CCCCC)COC(=O)CCCCCCCCCCCCCCCCCCCCC. The maximum atomic E-state index is 12.7. The molecule has 6 nitrogen and oxygen atoms in total. The van der Waals surface area contributed by atoms with Gasteiger partial charge in [-0.05, 0) is 77.0 Å². The zero-order valence-electron chi connectivity index (χ0n) is 40.4. The molecule has 0 aromatic heterocycles. The van der Waals surface area contributed by atoms with Gasteiger partial charge in [-0.15, -0.1) is 0 Å². The second-order valence-corrected chi connectivity index (χ2v) is 17.4. The number of hydrogen-bond donors (Lipinski definition) is 0. The Hall–Kier alpha value is -2.63. The standard InChI is InChI=1S/C55H98O6/c1-4-7-10-13-16-19-22-25-26-27-28-29-30-31-34-36-39-42-45-48-54(57)60-51-52(61-55(58)49-46-43-40-37-33-24-21-18-15-12-9-6-3)50-59-53(56)47-44-41-38-35-32-23-20-17-14-11-8-5-2/h9,12,17-18,20-21,33,37,52H,4-8,10-11,13-16,19,22-32,34-36,38-51H2,1-3H3/b12-9-,20-17-,21-18-,37-33-. The fraction of sp³-hybridized carbons (Fsp3) is 0.800. The molecule has 0 bridgehead atoms. The summed E-state index contributed by atoms with van der Waals surface area (Å²) in [5, 5.41) is 0. The van der Waals surface area contributed by atoms with Gasteiger partial charge >= 0.3 is 17.9 Å². The smallest absolute Gasteiger partial charge is 0.306 e. The monoisotopic (exact) mass is 855 g/mol. The number of allylic oxidation sites excluding steroid dienone is 8. The summed E-state index contributed by atoms with van der Waals surface area (Å²) in [4.78, 5) is 37.9. The van der Waals surface area contributed by atoms with Crippen molar-refractivity contribution in [2.75, 3.05) is 13.2 Å². The van der Waals surface area contributed by atoms with Gasteiger partial charge in [0.1, 0.15) is 13.2 Å². The first-order valence-corrected chi connectivity index (χ1v) is 26.1. The van der Waals surface area contributed by atoms with Gasteiger partial charge in [0.05, 0.1) is 0 Å². The van der Waals surface area contributed by atoms with Crippen molar-refractivity contribution in [3.05, 3.63) is 48.6 Å². The van der Waals surface area contributed by atoms with Gasteiger partial charge < -0.3 is 14.2 Å². The lowest BCUT2D eigenvalue weighted by molar-refractivity contribution is -0.167. The lowest BCUT2D eigenvalue weighted by Gasteiger charge is -2.18. The second kappa shape index (κ2) is 50.0. The minimum absolute atomic E-state index is 0.0888. The molecule has 0 heterocycles. The van der Waals surface area contributed by atoms with E-state index >= 15 is 0 Å². The van der Waals surface area contributed by atoms with E-state index in [4.69, 9.17) is 14.2 Å². The van der Waals surface area contributed by atoms with Crippen LogP contribution in [0, 0.1) is 0 Å². The van der Waals surface area contributed by atoms with Gasteiger partial charge in [-0.3, -0.25) is 14.4 Å². The molecule has 0 radical (unpaired) electrons. The van der Waals surface area contributed by atoms with E-state index in [2.05, 4.69) is 69.4 Å². The van der Waals surface area contributed by atoms with Crippen LogP contribution in [0.1, 0.15) is 265 Å². The van der Waals surface area contributed by atoms with Crippen molar-refractivity contribution < 1.29 is 28.6 Å². The molecule has 0 spiro atoms. The van der Waals surface area contributed by atoms with Crippen LogP contribution in [0.5, 0.6) is 0 Å². The van der Waals surface area contributed by atoms with Crippen LogP contribution in [-0.4, -0.2) is 37.2 Å². The summed E-state index contributed by atoms with van der Waals surface area (Å²) < 4.78 is 16.7. The molecule has 0 aliphatic carbocycles. The molecule has 0 N–H and O–H groups in total. The largest absolute Gasteiger partial charge is 0.462 e. The predicted molar refractivity (Wildman–Crippen MR) is 261 cm³/mol. The van der Waals surface area contributed by atoms with E-state index in [0.29, 0.717) is 19.3 Å². The molecule has 354 valence electrons. The quantitative estimate of drug-likeness (QED) is 0.0263. The highest BCUT2D eigenvalue weighted by Crippen LogP contribution is 2.16. The number of esters is 3. The van der Waals surface area contributed by atoms with Crippen LogP contribution in [0.4, 0.5) is 0 Å². The Morgan fingerprint density at radius 2 is 0.639 bits per heavy atom. The van der Waals surface area contributed by atoms with Gasteiger partial charge in [-0.2, -0.15) is 0 Å². The van der Waals surface area contributed by atoms with Gasteiger partial charge in [0, 0.05) is 19.3 Å². The summed E-state index contributed by atoms with van der Waals surface area (Å²) in [6.45, 7) is 6.48. The highest BCUT2D eigenvalue weighted by Gasteiger charge is 2.19. The van der Waals surface area contributed by atoms with Crippen LogP contribution in [0.25, 0.3) is 0 Å². The summed E-state index contributed by atoms with van der Waals surface area (Å²) >= 11 is 0. The molecule has 1 atom stereocenters. The molecule has 0 fully saturated rings. The highest BCUT2D eigenvalue weighted by molar-refractivity contribution is 5.71. The molecule has 0 aliphatic heterocycles. The third-order valence-corrected chi connectivity index (χ3v) is 11.3. The van der Waals surface area contributed by atoms with Crippen molar-refractivity contribution in [2.24, 2.45) is 0 Å². The molecular formula is C55H98O6. The Kier molecular flexibility index (Phi) is 47.9. The molecule has 1 unspecified atom stereocenters. The number of carbonyl (C=O) groups excluding carboxylic acids is 3.